The molecule has 2 saturated heterocycles. The van der Waals surface area contributed by atoms with Crippen LogP contribution in [0.2, 0.25) is 0 Å². The summed E-state index contributed by atoms with van der Waals surface area (Å²) < 4.78 is 50.6. The summed E-state index contributed by atoms with van der Waals surface area (Å²) in [4.78, 5) is 15.7. The second-order valence-corrected chi connectivity index (χ2v) is 13.8. The molecule has 1 aliphatic carbocycles. The van der Waals surface area contributed by atoms with Crippen LogP contribution in [0.15, 0.2) is 47.4 Å². The van der Waals surface area contributed by atoms with Crippen molar-refractivity contribution in [1.82, 2.24) is 10.2 Å². The number of amides is 1. The number of hydrogen-bond donors (Lipinski definition) is 1. The maximum Gasteiger partial charge on any atom is 0.238 e. The standard InChI is InChI=1S/C29H34FN3O5S/c1-29(2,3)38-28-27(37-28)33-22-11-10-20(13-22)25(33)26(34)32-21(16-31)12-19-9-8-18(15-24(19)30)17-6-5-7-23(14-17)39(4,35)36/h5-9,14-15,20-22,25,27-28H,10-13H2,1-4H3,(H,32,34)/t20-,21-,22+,25-,27?,28?/m0/s1. The first-order valence-corrected chi connectivity index (χ1v) is 15.1. The van der Waals surface area contributed by atoms with Crippen LogP contribution in [-0.2, 0) is 30.5 Å². The predicted molar refractivity (Wildman–Crippen MR) is 142 cm³/mol. The number of carbonyl (C=O) groups excluding carboxylic acids is 1. The van der Waals surface area contributed by atoms with E-state index in [9.17, 15) is 18.5 Å². The van der Waals surface area contributed by atoms with Crippen LogP contribution in [-0.4, -0.2) is 61.7 Å². The van der Waals surface area contributed by atoms with E-state index in [0.717, 1.165) is 25.5 Å². The third kappa shape index (κ3) is 6.02. The molecule has 208 valence electrons. The monoisotopic (exact) mass is 555 g/mol. The molecule has 0 spiro atoms. The maximum atomic E-state index is 15.1. The van der Waals surface area contributed by atoms with Gasteiger partial charge in [-0.1, -0.05) is 24.3 Å². The second kappa shape index (κ2) is 10.3. The SMILES string of the molecule is CC(C)(C)OC1OC1N1[C@@H]2CC[C@@H](C2)[C@H]1C(=O)N[C@H](C#N)Cc1ccc(-c2cccc(S(C)(=O)=O)c2)cc1F. The number of fused-ring (bicyclic) bond motifs is 2. The maximum absolute atomic E-state index is 15.1. The van der Waals surface area contributed by atoms with E-state index in [-0.39, 0.29) is 47.3 Å². The molecule has 2 aromatic rings. The molecule has 3 fully saturated rings. The first-order chi connectivity index (χ1) is 18.3. The van der Waals surface area contributed by atoms with Crippen molar-refractivity contribution in [2.45, 2.75) is 87.6 Å². The van der Waals surface area contributed by atoms with Crippen molar-refractivity contribution < 1.29 is 27.1 Å². The highest BCUT2D eigenvalue weighted by Crippen LogP contribution is 2.48. The van der Waals surface area contributed by atoms with Crippen LogP contribution in [0, 0.1) is 23.1 Å². The summed E-state index contributed by atoms with van der Waals surface area (Å²) >= 11 is 0. The topological polar surface area (TPSA) is 112 Å². The van der Waals surface area contributed by atoms with E-state index in [0.29, 0.717) is 16.7 Å². The van der Waals surface area contributed by atoms with Crippen LogP contribution in [0.25, 0.3) is 11.1 Å². The molecule has 8 nitrogen and oxygen atoms in total. The van der Waals surface area contributed by atoms with Gasteiger partial charge in [-0.2, -0.15) is 5.26 Å². The molecule has 2 unspecified atom stereocenters. The minimum absolute atomic E-state index is 0.00817. The van der Waals surface area contributed by atoms with Gasteiger partial charge in [-0.05, 0) is 80.8 Å². The molecule has 2 aliphatic heterocycles. The van der Waals surface area contributed by atoms with E-state index in [1.807, 2.05) is 20.8 Å². The van der Waals surface area contributed by atoms with Gasteiger partial charge in [0.15, 0.2) is 22.4 Å². The number of piperidine rings is 1. The number of carbonyl (C=O) groups is 1. The molecule has 2 aromatic carbocycles. The van der Waals surface area contributed by atoms with Crippen molar-refractivity contribution in [2.24, 2.45) is 5.92 Å². The van der Waals surface area contributed by atoms with Gasteiger partial charge >= 0.3 is 0 Å². The number of nitrogens with one attached hydrogen (secondary N) is 1. The van der Waals surface area contributed by atoms with Gasteiger partial charge in [0.25, 0.3) is 0 Å². The van der Waals surface area contributed by atoms with Crippen molar-refractivity contribution in [3.63, 3.8) is 0 Å². The Morgan fingerprint density at radius 2 is 1.97 bits per heavy atom. The summed E-state index contributed by atoms with van der Waals surface area (Å²) in [5, 5.41) is 12.6. The van der Waals surface area contributed by atoms with Crippen LogP contribution >= 0.6 is 0 Å². The number of halogens is 1. The number of ether oxygens (including phenoxy) is 2. The Bertz CT molecular complexity index is 1420. The van der Waals surface area contributed by atoms with Crippen molar-refractivity contribution in [1.29, 1.82) is 5.26 Å². The van der Waals surface area contributed by atoms with Gasteiger partial charge in [0.05, 0.1) is 22.6 Å². The van der Waals surface area contributed by atoms with Crippen LogP contribution in [0.1, 0.15) is 45.6 Å². The minimum Gasteiger partial charge on any atom is -0.343 e. The summed E-state index contributed by atoms with van der Waals surface area (Å²) in [6, 6.07) is 11.9. The van der Waals surface area contributed by atoms with Gasteiger partial charge in [0, 0.05) is 18.7 Å². The number of hydrogen-bond acceptors (Lipinski definition) is 7. The molecule has 10 heteroatoms. The van der Waals surface area contributed by atoms with Crippen LogP contribution in [0.4, 0.5) is 4.39 Å². The zero-order chi connectivity index (χ0) is 28.1. The zero-order valence-corrected chi connectivity index (χ0v) is 23.4. The van der Waals surface area contributed by atoms with Crippen LogP contribution < -0.4 is 5.32 Å². The quantitative estimate of drug-likeness (QED) is 0.493. The second-order valence-electron chi connectivity index (χ2n) is 11.7. The average molecular weight is 556 g/mol. The van der Waals surface area contributed by atoms with Gasteiger partial charge in [0.1, 0.15) is 11.9 Å². The molecular formula is C29H34FN3O5S. The Kier molecular flexibility index (Phi) is 7.31. The molecular weight excluding hydrogens is 521 g/mol. The fourth-order valence-corrected chi connectivity index (χ4v) is 6.54. The lowest BCUT2D eigenvalue weighted by Gasteiger charge is -2.33. The van der Waals surface area contributed by atoms with Crippen molar-refractivity contribution in [2.75, 3.05) is 6.26 Å². The van der Waals surface area contributed by atoms with Gasteiger partial charge in [0.2, 0.25) is 5.91 Å². The molecule has 5 rings (SSSR count). The van der Waals surface area contributed by atoms with E-state index < -0.39 is 27.7 Å². The van der Waals surface area contributed by atoms with E-state index in [2.05, 4.69) is 16.3 Å². The van der Waals surface area contributed by atoms with E-state index in [4.69, 9.17) is 9.47 Å². The third-order valence-corrected chi connectivity index (χ3v) is 8.75. The molecule has 1 amide bonds. The number of likely N-dealkylation sites (tertiary alicyclic amines) is 1. The van der Waals surface area contributed by atoms with E-state index >= 15 is 4.39 Å². The molecule has 39 heavy (non-hydrogen) atoms. The van der Waals surface area contributed by atoms with Crippen molar-refractivity contribution >= 4 is 15.7 Å². The Morgan fingerprint density at radius 1 is 1.23 bits per heavy atom. The highest BCUT2D eigenvalue weighted by Gasteiger charge is 2.59. The number of nitriles is 1. The van der Waals surface area contributed by atoms with Gasteiger partial charge < -0.3 is 14.8 Å². The molecule has 6 atom stereocenters. The van der Waals surface area contributed by atoms with E-state index in [1.165, 1.54) is 18.2 Å². The first kappa shape index (κ1) is 27.7. The van der Waals surface area contributed by atoms with Crippen molar-refractivity contribution in [3.8, 4) is 17.2 Å². The molecule has 0 radical (unpaired) electrons. The number of nitrogens with zero attached hydrogens (tertiary/aromatic N) is 2. The Morgan fingerprint density at radius 3 is 2.64 bits per heavy atom. The summed E-state index contributed by atoms with van der Waals surface area (Å²) in [6.45, 7) is 5.88. The Labute approximate surface area is 229 Å². The summed E-state index contributed by atoms with van der Waals surface area (Å²) in [5.41, 5.74) is 1.02. The Balaban J connectivity index is 1.26. The zero-order valence-electron chi connectivity index (χ0n) is 22.6. The minimum atomic E-state index is -3.40. The molecule has 2 bridgehead atoms. The molecule has 2 heterocycles. The summed E-state index contributed by atoms with van der Waals surface area (Å²) in [5.74, 6) is -0.581. The fraction of sp³-hybridized carbons (Fsp3) is 0.517. The molecule has 1 saturated carbocycles. The normalized spacial score (nSPS) is 27.2. The lowest BCUT2D eigenvalue weighted by atomic mass is 9.96. The summed E-state index contributed by atoms with van der Waals surface area (Å²) in [6.07, 6.45) is 3.34. The van der Waals surface area contributed by atoms with Crippen LogP contribution in [0.5, 0.6) is 0 Å². The van der Waals surface area contributed by atoms with Crippen molar-refractivity contribution in [3.05, 3.63) is 53.8 Å². The molecule has 3 aliphatic rings. The fourth-order valence-electron chi connectivity index (χ4n) is 5.88. The number of epoxide rings is 1. The smallest absolute Gasteiger partial charge is 0.238 e. The van der Waals surface area contributed by atoms with Gasteiger partial charge in [-0.15, -0.1) is 0 Å². The van der Waals surface area contributed by atoms with Gasteiger partial charge in [-0.25, -0.2) is 12.8 Å². The molecule has 1 N–H and O–H groups in total. The third-order valence-electron chi connectivity index (χ3n) is 7.64. The Hall–Kier alpha value is -2.84. The number of rotatable bonds is 8. The largest absolute Gasteiger partial charge is 0.343 e. The summed E-state index contributed by atoms with van der Waals surface area (Å²) in [7, 11) is -3.40. The average Bonchev–Trinajstić information content (AvgIpc) is 3.28. The molecule has 0 aromatic heterocycles. The lowest BCUT2D eigenvalue weighted by Crippen LogP contribution is -2.54. The lowest BCUT2D eigenvalue weighted by molar-refractivity contribution is -0.129. The van der Waals surface area contributed by atoms with Crippen LogP contribution in [0.3, 0.4) is 0 Å². The number of benzene rings is 2. The first-order valence-electron chi connectivity index (χ1n) is 13.2. The van der Waals surface area contributed by atoms with E-state index in [1.54, 1.807) is 24.3 Å². The highest BCUT2D eigenvalue weighted by molar-refractivity contribution is 7.90. The predicted octanol–water partition coefficient (Wildman–Crippen LogP) is 3.80. The highest BCUT2D eigenvalue weighted by atomic mass is 32.2. The number of sulfone groups is 1. The van der Waals surface area contributed by atoms with Gasteiger partial charge in [-0.3, -0.25) is 9.69 Å².